The van der Waals surface area contributed by atoms with Gasteiger partial charge in [0.15, 0.2) is 5.16 Å². The number of thiophene rings is 1. The van der Waals surface area contributed by atoms with Crippen molar-refractivity contribution in [2.24, 2.45) is 0 Å². The van der Waals surface area contributed by atoms with E-state index in [2.05, 4.69) is 13.8 Å². The van der Waals surface area contributed by atoms with Gasteiger partial charge in [-0.25, -0.2) is 4.98 Å². The van der Waals surface area contributed by atoms with Crippen molar-refractivity contribution in [2.75, 3.05) is 12.9 Å². The van der Waals surface area contributed by atoms with Gasteiger partial charge in [-0.3, -0.25) is 14.2 Å². The summed E-state index contributed by atoms with van der Waals surface area (Å²) >= 11 is 2.71. The number of aromatic nitrogens is 2. The Balaban J connectivity index is 1.92. The van der Waals surface area contributed by atoms with E-state index >= 15 is 0 Å². The molecule has 152 valence electrons. The van der Waals surface area contributed by atoms with Gasteiger partial charge in [0.25, 0.3) is 5.56 Å². The Labute approximate surface area is 176 Å². The fourth-order valence-electron chi connectivity index (χ4n) is 3.41. The number of carbonyl (C=O) groups is 1. The lowest BCUT2D eigenvalue weighted by Gasteiger charge is -2.32. The van der Waals surface area contributed by atoms with Crippen LogP contribution in [0.5, 0.6) is 0 Å². The largest absolute Gasteiger partial charge is 0.468 e. The first-order valence-corrected chi connectivity index (χ1v) is 11.2. The third kappa shape index (κ3) is 3.72. The van der Waals surface area contributed by atoms with Gasteiger partial charge in [0.05, 0.1) is 36.1 Å². The smallest absolute Gasteiger partial charge is 0.316 e. The van der Waals surface area contributed by atoms with E-state index in [1.165, 1.54) is 30.2 Å². The van der Waals surface area contributed by atoms with Crippen molar-refractivity contribution in [3.8, 4) is 5.69 Å². The van der Waals surface area contributed by atoms with Crippen molar-refractivity contribution < 1.29 is 14.3 Å². The van der Waals surface area contributed by atoms with E-state index in [9.17, 15) is 9.59 Å². The normalized spacial score (nSPS) is 18.6. The van der Waals surface area contributed by atoms with Crippen LogP contribution in [0.2, 0.25) is 0 Å². The number of para-hydroxylation sites is 1. The monoisotopic (exact) mass is 430 g/mol. The highest BCUT2D eigenvalue weighted by Crippen LogP contribution is 2.39. The number of esters is 1. The first kappa shape index (κ1) is 20.1. The number of thioether (sulfide) groups is 1. The maximum atomic E-state index is 13.7. The van der Waals surface area contributed by atoms with E-state index < -0.39 is 0 Å². The summed E-state index contributed by atoms with van der Waals surface area (Å²) in [5.74, 6) is -0.273. The van der Waals surface area contributed by atoms with Gasteiger partial charge < -0.3 is 9.47 Å². The molecule has 3 aromatic rings. The molecule has 3 heterocycles. The number of ether oxygens (including phenoxy) is 2. The summed E-state index contributed by atoms with van der Waals surface area (Å²) < 4.78 is 12.4. The number of hydrogen-bond donors (Lipinski definition) is 0. The van der Waals surface area contributed by atoms with Crippen LogP contribution in [0.3, 0.4) is 0 Å². The van der Waals surface area contributed by atoms with Crippen LogP contribution in [-0.4, -0.2) is 34.0 Å². The number of hydrogen-bond acceptors (Lipinski definition) is 7. The van der Waals surface area contributed by atoms with E-state index in [0.29, 0.717) is 28.4 Å². The number of nitrogens with zero attached hydrogens (tertiary/aromatic N) is 2. The summed E-state index contributed by atoms with van der Waals surface area (Å²) in [6, 6.07) is 9.40. The van der Waals surface area contributed by atoms with Gasteiger partial charge in [0.2, 0.25) is 0 Å². The molecule has 0 bridgehead atoms. The maximum absolute atomic E-state index is 13.7. The SMILES string of the molecule is CCC1(C)Cc2c(sc3nc(SCC(=O)OC)n(-c4ccccc4)c(=O)c23)CO1. The molecule has 0 spiro atoms. The highest BCUT2D eigenvalue weighted by atomic mass is 32.2. The van der Waals surface area contributed by atoms with Gasteiger partial charge in [-0.15, -0.1) is 11.3 Å². The summed E-state index contributed by atoms with van der Waals surface area (Å²) in [6.45, 7) is 4.68. The summed E-state index contributed by atoms with van der Waals surface area (Å²) in [7, 11) is 1.35. The summed E-state index contributed by atoms with van der Waals surface area (Å²) in [5, 5.41) is 1.15. The zero-order chi connectivity index (χ0) is 20.6. The predicted octanol–water partition coefficient (Wildman–Crippen LogP) is 3.95. The van der Waals surface area contributed by atoms with Crippen molar-refractivity contribution >= 4 is 39.3 Å². The molecule has 1 aliphatic heterocycles. The van der Waals surface area contributed by atoms with E-state index in [4.69, 9.17) is 14.5 Å². The molecule has 1 aliphatic rings. The van der Waals surface area contributed by atoms with Crippen molar-refractivity contribution in [3.63, 3.8) is 0 Å². The fraction of sp³-hybridized carbons (Fsp3) is 0.381. The average Bonchev–Trinajstić information content (AvgIpc) is 3.10. The second-order valence-electron chi connectivity index (χ2n) is 7.19. The van der Waals surface area contributed by atoms with Crippen molar-refractivity contribution in [2.45, 2.75) is 44.1 Å². The Morgan fingerprint density at radius 2 is 2.14 bits per heavy atom. The molecule has 0 amide bonds. The standard InChI is InChI=1S/C21H22N2O4S2/c1-4-21(2)10-14-15(11-27-21)29-18-17(14)19(25)23(13-8-6-5-7-9-13)20(22-18)28-12-16(24)26-3/h5-9H,4,10-12H2,1-3H3. The van der Waals surface area contributed by atoms with Gasteiger partial charge in [0, 0.05) is 11.3 Å². The summed E-state index contributed by atoms with van der Waals surface area (Å²) in [5.41, 5.74) is 1.40. The Morgan fingerprint density at radius 3 is 2.83 bits per heavy atom. The summed E-state index contributed by atoms with van der Waals surface area (Å²) in [4.78, 5) is 31.9. The molecule has 0 aliphatic carbocycles. The van der Waals surface area contributed by atoms with Gasteiger partial charge in [-0.2, -0.15) is 0 Å². The number of methoxy groups -OCH3 is 1. The molecule has 0 radical (unpaired) electrons. The van der Waals surface area contributed by atoms with Crippen LogP contribution in [0, 0.1) is 0 Å². The lowest BCUT2D eigenvalue weighted by atomic mass is 9.90. The molecule has 0 saturated heterocycles. The minimum absolute atomic E-state index is 0.0867. The fourth-order valence-corrected chi connectivity index (χ4v) is 5.40. The molecule has 0 saturated carbocycles. The minimum atomic E-state index is -0.360. The number of fused-ring (bicyclic) bond motifs is 3. The molecule has 4 rings (SSSR count). The van der Waals surface area contributed by atoms with Crippen LogP contribution >= 0.6 is 23.1 Å². The first-order valence-electron chi connectivity index (χ1n) is 9.42. The Morgan fingerprint density at radius 1 is 1.38 bits per heavy atom. The third-order valence-corrected chi connectivity index (χ3v) is 7.30. The lowest BCUT2D eigenvalue weighted by Crippen LogP contribution is -2.34. The van der Waals surface area contributed by atoms with Gasteiger partial charge >= 0.3 is 5.97 Å². The van der Waals surface area contributed by atoms with E-state index in [0.717, 1.165) is 22.5 Å². The van der Waals surface area contributed by atoms with Crippen molar-refractivity contribution in [1.82, 2.24) is 9.55 Å². The molecule has 1 unspecified atom stereocenters. The van der Waals surface area contributed by atoms with Crippen LogP contribution in [0.25, 0.3) is 15.9 Å². The molecule has 6 nitrogen and oxygen atoms in total. The molecule has 1 aromatic carbocycles. The second-order valence-corrected chi connectivity index (χ2v) is 9.21. The maximum Gasteiger partial charge on any atom is 0.316 e. The topological polar surface area (TPSA) is 70.4 Å². The Bertz CT molecular complexity index is 1120. The second kappa shape index (κ2) is 7.93. The van der Waals surface area contributed by atoms with E-state index in [1.54, 1.807) is 4.57 Å². The van der Waals surface area contributed by atoms with E-state index in [1.807, 2.05) is 30.3 Å². The molecule has 2 aromatic heterocycles. The highest BCUT2D eigenvalue weighted by Gasteiger charge is 2.33. The first-order chi connectivity index (χ1) is 14.0. The predicted molar refractivity (Wildman–Crippen MR) is 115 cm³/mol. The third-order valence-electron chi connectivity index (χ3n) is 5.29. The van der Waals surface area contributed by atoms with Gasteiger partial charge in [-0.1, -0.05) is 36.9 Å². The molecule has 29 heavy (non-hydrogen) atoms. The molecule has 0 fully saturated rings. The average molecular weight is 431 g/mol. The zero-order valence-electron chi connectivity index (χ0n) is 16.6. The Kier molecular flexibility index (Phi) is 5.50. The van der Waals surface area contributed by atoms with Crippen molar-refractivity contribution in [1.29, 1.82) is 0 Å². The van der Waals surface area contributed by atoms with Crippen LogP contribution in [0.4, 0.5) is 0 Å². The van der Waals surface area contributed by atoms with Gasteiger partial charge in [-0.05, 0) is 31.0 Å². The zero-order valence-corrected chi connectivity index (χ0v) is 18.2. The molecule has 8 heteroatoms. The molecular formula is C21H22N2O4S2. The quantitative estimate of drug-likeness (QED) is 0.347. The van der Waals surface area contributed by atoms with Crippen LogP contribution in [-0.2, 0) is 27.3 Å². The number of carbonyl (C=O) groups excluding carboxylic acids is 1. The Hall–Kier alpha value is -2.16. The molecular weight excluding hydrogens is 408 g/mol. The summed E-state index contributed by atoms with van der Waals surface area (Å²) in [6.07, 6.45) is 1.57. The molecule has 1 atom stereocenters. The number of rotatable bonds is 5. The van der Waals surface area contributed by atoms with Gasteiger partial charge in [0.1, 0.15) is 4.83 Å². The molecule has 0 N–H and O–H groups in total. The van der Waals surface area contributed by atoms with E-state index in [-0.39, 0.29) is 22.9 Å². The van der Waals surface area contributed by atoms with Crippen LogP contribution < -0.4 is 5.56 Å². The number of benzene rings is 1. The highest BCUT2D eigenvalue weighted by molar-refractivity contribution is 7.99. The van der Waals surface area contributed by atoms with Crippen molar-refractivity contribution in [3.05, 3.63) is 51.1 Å². The van der Waals surface area contributed by atoms with Crippen LogP contribution in [0.1, 0.15) is 30.7 Å². The van der Waals surface area contributed by atoms with Crippen LogP contribution in [0.15, 0.2) is 40.3 Å². The minimum Gasteiger partial charge on any atom is -0.468 e. The lowest BCUT2D eigenvalue weighted by molar-refractivity contribution is -0.137.